The summed E-state index contributed by atoms with van der Waals surface area (Å²) >= 11 is 5.85. The van der Waals surface area contributed by atoms with Crippen molar-refractivity contribution in [2.45, 2.75) is 0 Å². The molecule has 0 fully saturated rings. The van der Waals surface area contributed by atoms with Gasteiger partial charge in [-0.05, 0) is 30.3 Å². The molecule has 1 aliphatic rings. The Balaban J connectivity index is 2.11. The van der Waals surface area contributed by atoms with E-state index in [0.29, 0.717) is 21.8 Å². The van der Waals surface area contributed by atoms with Crippen LogP contribution in [0.25, 0.3) is 11.6 Å². The molecular formula is C15H8ClF2NO. The quantitative estimate of drug-likeness (QED) is 0.787. The Morgan fingerprint density at radius 2 is 1.90 bits per heavy atom. The van der Waals surface area contributed by atoms with Crippen LogP contribution in [0.3, 0.4) is 0 Å². The molecule has 1 amide bonds. The second kappa shape index (κ2) is 4.72. The number of hydrogen-bond acceptors (Lipinski definition) is 1. The molecule has 3 rings (SSSR count). The number of halogens is 3. The normalized spacial score (nSPS) is 15.3. The Hall–Kier alpha value is -2.20. The van der Waals surface area contributed by atoms with Crippen molar-refractivity contribution in [2.75, 3.05) is 5.32 Å². The number of rotatable bonds is 1. The molecule has 100 valence electrons. The van der Waals surface area contributed by atoms with Crippen LogP contribution >= 0.6 is 11.6 Å². The Kier molecular flexibility index (Phi) is 3.03. The van der Waals surface area contributed by atoms with E-state index in [1.54, 1.807) is 18.2 Å². The van der Waals surface area contributed by atoms with Crippen molar-refractivity contribution in [2.24, 2.45) is 0 Å². The van der Waals surface area contributed by atoms with Crippen LogP contribution in [0.15, 0.2) is 36.4 Å². The molecule has 1 N–H and O–H groups in total. The molecule has 2 aromatic rings. The third-order valence-electron chi connectivity index (χ3n) is 3.03. The Labute approximate surface area is 118 Å². The summed E-state index contributed by atoms with van der Waals surface area (Å²) in [5.41, 5.74) is 1.70. The highest BCUT2D eigenvalue weighted by molar-refractivity contribution is 6.36. The molecule has 0 saturated carbocycles. The first-order chi connectivity index (χ1) is 9.54. The second-order valence-electron chi connectivity index (χ2n) is 4.37. The van der Waals surface area contributed by atoms with Crippen molar-refractivity contribution in [1.29, 1.82) is 0 Å². The number of benzene rings is 2. The van der Waals surface area contributed by atoms with Gasteiger partial charge in [0, 0.05) is 27.8 Å². The van der Waals surface area contributed by atoms with Crippen molar-refractivity contribution < 1.29 is 13.6 Å². The maximum absolute atomic E-state index is 13.6. The van der Waals surface area contributed by atoms with E-state index in [1.165, 1.54) is 12.1 Å². The zero-order valence-corrected chi connectivity index (χ0v) is 10.8. The summed E-state index contributed by atoms with van der Waals surface area (Å²) in [4.78, 5) is 11.9. The molecular weight excluding hydrogens is 284 g/mol. The van der Waals surface area contributed by atoms with E-state index < -0.39 is 11.6 Å². The number of anilines is 1. The molecule has 0 saturated heterocycles. The lowest BCUT2D eigenvalue weighted by Gasteiger charge is -2.00. The van der Waals surface area contributed by atoms with Gasteiger partial charge in [0.2, 0.25) is 0 Å². The molecule has 2 nitrogen and oxygen atoms in total. The summed E-state index contributed by atoms with van der Waals surface area (Å²) in [5.74, 6) is -1.72. The SMILES string of the molecule is O=C1Nc2cc(Cl)ccc2/C1=C\c1ccc(F)cc1F. The number of hydrogen-bond donors (Lipinski definition) is 1. The van der Waals surface area contributed by atoms with Gasteiger partial charge in [0.1, 0.15) is 11.6 Å². The van der Waals surface area contributed by atoms with Gasteiger partial charge in [0.05, 0.1) is 5.69 Å². The summed E-state index contributed by atoms with van der Waals surface area (Å²) in [7, 11) is 0. The van der Waals surface area contributed by atoms with Crippen molar-refractivity contribution >= 4 is 34.8 Å². The molecule has 2 aromatic carbocycles. The lowest BCUT2D eigenvalue weighted by molar-refractivity contribution is -0.110. The summed E-state index contributed by atoms with van der Waals surface area (Å²) in [5, 5.41) is 3.15. The molecule has 0 bridgehead atoms. The van der Waals surface area contributed by atoms with Gasteiger partial charge in [-0.15, -0.1) is 0 Å². The van der Waals surface area contributed by atoms with Gasteiger partial charge < -0.3 is 5.32 Å². The second-order valence-corrected chi connectivity index (χ2v) is 4.80. The molecule has 0 spiro atoms. The van der Waals surface area contributed by atoms with Crippen molar-refractivity contribution in [3.05, 3.63) is 64.2 Å². The molecule has 0 aliphatic carbocycles. The van der Waals surface area contributed by atoms with Crippen LogP contribution in [0.4, 0.5) is 14.5 Å². The maximum Gasteiger partial charge on any atom is 0.256 e. The minimum atomic E-state index is -0.715. The van der Waals surface area contributed by atoms with Crippen LogP contribution in [-0.4, -0.2) is 5.91 Å². The molecule has 0 radical (unpaired) electrons. The molecule has 0 unspecified atom stereocenters. The zero-order chi connectivity index (χ0) is 14.3. The average molecular weight is 292 g/mol. The van der Waals surface area contributed by atoms with E-state index in [4.69, 9.17) is 11.6 Å². The minimum absolute atomic E-state index is 0.152. The smallest absolute Gasteiger partial charge is 0.256 e. The van der Waals surface area contributed by atoms with Gasteiger partial charge in [-0.25, -0.2) is 8.78 Å². The van der Waals surface area contributed by atoms with Crippen molar-refractivity contribution in [3.8, 4) is 0 Å². The van der Waals surface area contributed by atoms with Gasteiger partial charge in [-0.1, -0.05) is 17.7 Å². The highest BCUT2D eigenvalue weighted by Gasteiger charge is 2.24. The van der Waals surface area contributed by atoms with Crippen LogP contribution in [-0.2, 0) is 4.79 Å². The van der Waals surface area contributed by atoms with Gasteiger partial charge in [-0.3, -0.25) is 4.79 Å². The lowest BCUT2D eigenvalue weighted by Crippen LogP contribution is -2.03. The van der Waals surface area contributed by atoms with Gasteiger partial charge >= 0.3 is 0 Å². The summed E-state index contributed by atoms with van der Waals surface area (Å²) in [6, 6.07) is 8.17. The third kappa shape index (κ3) is 2.18. The number of carbonyl (C=O) groups excluding carboxylic acids is 1. The summed E-state index contributed by atoms with van der Waals surface area (Å²) in [6.45, 7) is 0. The van der Waals surface area contributed by atoms with E-state index in [-0.39, 0.29) is 11.5 Å². The predicted octanol–water partition coefficient (Wildman–Crippen LogP) is 4.11. The van der Waals surface area contributed by atoms with E-state index in [2.05, 4.69) is 5.32 Å². The van der Waals surface area contributed by atoms with E-state index in [1.807, 2.05) is 0 Å². The Morgan fingerprint density at radius 3 is 2.65 bits per heavy atom. The minimum Gasteiger partial charge on any atom is -0.321 e. The molecule has 0 atom stereocenters. The monoisotopic (exact) mass is 291 g/mol. The van der Waals surface area contributed by atoms with Crippen LogP contribution < -0.4 is 5.32 Å². The summed E-state index contributed by atoms with van der Waals surface area (Å²) in [6.07, 6.45) is 1.39. The van der Waals surface area contributed by atoms with Crippen molar-refractivity contribution in [3.63, 3.8) is 0 Å². The molecule has 5 heteroatoms. The average Bonchev–Trinajstić information content (AvgIpc) is 2.68. The van der Waals surface area contributed by atoms with Crippen molar-refractivity contribution in [1.82, 2.24) is 0 Å². The predicted molar refractivity (Wildman–Crippen MR) is 74.3 cm³/mol. The first-order valence-corrected chi connectivity index (χ1v) is 6.20. The molecule has 1 aliphatic heterocycles. The highest BCUT2D eigenvalue weighted by Crippen LogP contribution is 2.35. The Morgan fingerprint density at radius 1 is 1.10 bits per heavy atom. The number of carbonyl (C=O) groups is 1. The zero-order valence-electron chi connectivity index (χ0n) is 10.1. The highest BCUT2D eigenvalue weighted by atomic mass is 35.5. The van der Waals surface area contributed by atoms with E-state index >= 15 is 0 Å². The van der Waals surface area contributed by atoms with E-state index in [0.717, 1.165) is 12.1 Å². The van der Waals surface area contributed by atoms with Crippen LogP contribution in [0.1, 0.15) is 11.1 Å². The van der Waals surface area contributed by atoms with Gasteiger partial charge in [0.15, 0.2) is 0 Å². The Bertz CT molecular complexity index is 756. The lowest BCUT2D eigenvalue weighted by atomic mass is 10.0. The number of nitrogens with one attached hydrogen (secondary N) is 1. The first kappa shape index (κ1) is 12.8. The topological polar surface area (TPSA) is 29.1 Å². The number of amides is 1. The molecule has 1 heterocycles. The van der Waals surface area contributed by atoms with Gasteiger partial charge in [-0.2, -0.15) is 0 Å². The fourth-order valence-corrected chi connectivity index (χ4v) is 2.26. The largest absolute Gasteiger partial charge is 0.321 e. The fourth-order valence-electron chi connectivity index (χ4n) is 2.08. The first-order valence-electron chi connectivity index (χ1n) is 5.82. The maximum atomic E-state index is 13.6. The summed E-state index contributed by atoms with van der Waals surface area (Å²) < 4.78 is 26.5. The van der Waals surface area contributed by atoms with Crippen LogP contribution in [0.5, 0.6) is 0 Å². The molecule has 20 heavy (non-hydrogen) atoms. The van der Waals surface area contributed by atoms with Crippen LogP contribution in [0, 0.1) is 11.6 Å². The third-order valence-corrected chi connectivity index (χ3v) is 3.26. The van der Waals surface area contributed by atoms with Crippen LogP contribution in [0.2, 0.25) is 5.02 Å². The standard InChI is InChI=1S/C15H8ClF2NO/c16-9-2-4-11-12(15(20)19-14(11)6-9)5-8-1-3-10(17)7-13(8)18/h1-7H,(H,19,20)/b12-5+. The number of fused-ring (bicyclic) bond motifs is 1. The van der Waals surface area contributed by atoms with Gasteiger partial charge in [0.25, 0.3) is 5.91 Å². The fraction of sp³-hybridized carbons (Fsp3) is 0. The van der Waals surface area contributed by atoms with E-state index in [9.17, 15) is 13.6 Å². The molecule has 0 aromatic heterocycles.